The number of rotatable bonds is 6. The Kier molecular flexibility index (Phi) is 6.82. The molecule has 1 fully saturated rings. The summed E-state index contributed by atoms with van der Waals surface area (Å²) in [6, 6.07) is 7.76. The Morgan fingerprint density at radius 3 is 2.67 bits per heavy atom. The Morgan fingerprint density at radius 1 is 1.27 bits per heavy atom. The number of nitrogens with one attached hydrogen (secondary N) is 1. The highest BCUT2D eigenvalue weighted by molar-refractivity contribution is 5.96. The summed E-state index contributed by atoms with van der Waals surface area (Å²) in [5.41, 5.74) is -0.513. The number of benzene rings is 1. The van der Waals surface area contributed by atoms with Crippen LogP contribution in [0.2, 0.25) is 0 Å². The maximum Gasteiger partial charge on any atom is 0.331 e. The van der Waals surface area contributed by atoms with Crippen LogP contribution in [0.4, 0.5) is 4.39 Å². The smallest absolute Gasteiger partial charge is 0.331 e. The minimum atomic E-state index is -1.00. The van der Waals surface area contributed by atoms with Crippen LogP contribution in [0.1, 0.15) is 38.2 Å². The maximum atomic E-state index is 14.3. The Hall–Kier alpha value is -3.22. The highest BCUT2D eigenvalue weighted by Gasteiger charge is 2.43. The van der Waals surface area contributed by atoms with Crippen LogP contribution >= 0.6 is 0 Å². The summed E-state index contributed by atoms with van der Waals surface area (Å²) in [6.07, 6.45) is 8.61. The van der Waals surface area contributed by atoms with Gasteiger partial charge in [-0.1, -0.05) is 13.0 Å². The normalized spacial score (nSPS) is 21.2. The number of hydrogen-bond acceptors (Lipinski definition) is 5. The molecule has 1 amide bonds. The van der Waals surface area contributed by atoms with E-state index in [0.29, 0.717) is 30.1 Å². The molecule has 0 spiro atoms. The van der Waals surface area contributed by atoms with Gasteiger partial charge in [0.2, 0.25) is 5.91 Å². The lowest BCUT2D eigenvalue weighted by Gasteiger charge is -2.37. The molecule has 1 aromatic carbocycles. The second-order valence-electron chi connectivity index (χ2n) is 7.56. The summed E-state index contributed by atoms with van der Waals surface area (Å²) < 4.78 is 24.7. The van der Waals surface area contributed by atoms with Gasteiger partial charge in [0.05, 0.1) is 13.3 Å². The topological polar surface area (TPSA) is 77.5 Å². The van der Waals surface area contributed by atoms with Crippen molar-refractivity contribution < 1.29 is 23.5 Å². The van der Waals surface area contributed by atoms with Crippen molar-refractivity contribution in [1.29, 1.82) is 0 Å². The predicted octanol–water partition coefficient (Wildman–Crippen LogP) is 4.26. The SMILES string of the molecule is COC(=O)C1(NC(=O)/C=C/c2ccc(Oc3cccnc3)c(F)c2)CCC(C)CC1. The maximum absolute atomic E-state index is 14.3. The van der Waals surface area contributed by atoms with Crippen LogP contribution < -0.4 is 10.1 Å². The summed E-state index contributed by atoms with van der Waals surface area (Å²) >= 11 is 0. The average molecular weight is 412 g/mol. The van der Waals surface area contributed by atoms with Gasteiger partial charge in [0.1, 0.15) is 11.3 Å². The first-order chi connectivity index (χ1) is 14.4. The van der Waals surface area contributed by atoms with Gasteiger partial charge in [-0.15, -0.1) is 0 Å². The number of halogens is 1. The summed E-state index contributed by atoms with van der Waals surface area (Å²) in [4.78, 5) is 28.7. The van der Waals surface area contributed by atoms with Crippen LogP contribution in [0.15, 0.2) is 48.8 Å². The van der Waals surface area contributed by atoms with E-state index < -0.39 is 23.2 Å². The molecule has 0 radical (unpaired) electrons. The van der Waals surface area contributed by atoms with Gasteiger partial charge >= 0.3 is 5.97 Å². The van der Waals surface area contributed by atoms with E-state index in [1.807, 2.05) is 0 Å². The Morgan fingerprint density at radius 2 is 2.03 bits per heavy atom. The molecule has 158 valence electrons. The quantitative estimate of drug-likeness (QED) is 0.567. The number of hydrogen-bond donors (Lipinski definition) is 1. The lowest BCUT2D eigenvalue weighted by molar-refractivity contribution is -0.152. The first kappa shape index (κ1) is 21.5. The van der Waals surface area contributed by atoms with Crippen molar-refractivity contribution in [3.8, 4) is 11.5 Å². The highest BCUT2D eigenvalue weighted by Crippen LogP contribution is 2.33. The molecular weight excluding hydrogens is 387 g/mol. The zero-order valence-electron chi connectivity index (χ0n) is 17.1. The van der Waals surface area contributed by atoms with E-state index in [4.69, 9.17) is 9.47 Å². The van der Waals surface area contributed by atoms with Crippen molar-refractivity contribution in [3.05, 3.63) is 60.2 Å². The molecule has 6 nitrogen and oxygen atoms in total. The fourth-order valence-corrected chi connectivity index (χ4v) is 3.52. The minimum Gasteiger partial charge on any atom is -0.467 e. The van der Waals surface area contributed by atoms with Crippen molar-refractivity contribution >= 4 is 18.0 Å². The molecule has 0 saturated heterocycles. The van der Waals surface area contributed by atoms with Crippen molar-refractivity contribution in [3.63, 3.8) is 0 Å². The van der Waals surface area contributed by atoms with Crippen LogP contribution in [0, 0.1) is 11.7 Å². The van der Waals surface area contributed by atoms with E-state index in [1.165, 1.54) is 37.6 Å². The van der Waals surface area contributed by atoms with Crippen molar-refractivity contribution in [2.24, 2.45) is 5.92 Å². The number of carbonyl (C=O) groups excluding carboxylic acids is 2. The zero-order chi connectivity index (χ0) is 21.6. The van der Waals surface area contributed by atoms with E-state index in [-0.39, 0.29) is 5.75 Å². The third-order valence-corrected chi connectivity index (χ3v) is 5.31. The molecule has 0 aliphatic heterocycles. The first-order valence-corrected chi connectivity index (χ1v) is 9.88. The molecule has 0 unspecified atom stereocenters. The average Bonchev–Trinajstić information content (AvgIpc) is 2.76. The molecule has 0 atom stereocenters. The number of carbonyl (C=O) groups is 2. The van der Waals surface area contributed by atoms with Crippen LogP contribution in [-0.2, 0) is 14.3 Å². The summed E-state index contributed by atoms with van der Waals surface area (Å²) in [5, 5.41) is 2.81. The first-order valence-electron chi connectivity index (χ1n) is 9.88. The fraction of sp³-hybridized carbons (Fsp3) is 0.348. The summed E-state index contributed by atoms with van der Waals surface area (Å²) in [7, 11) is 1.32. The number of amides is 1. The number of methoxy groups -OCH3 is 1. The minimum absolute atomic E-state index is 0.0607. The van der Waals surface area contributed by atoms with Gasteiger partial charge in [-0.2, -0.15) is 0 Å². The van der Waals surface area contributed by atoms with Crippen molar-refractivity contribution in [2.75, 3.05) is 7.11 Å². The van der Waals surface area contributed by atoms with E-state index in [0.717, 1.165) is 12.8 Å². The third kappa shape index (κ3) is 5.23. The molecule has 7 heteroatoms. The van der Waals surface area contributed by atoms with Crippen LogP contribution in [0.5, 0.6) is 11.5 Å². The molecule has 0 bridgehead atoms. The second-order valence-corrected chi connectivity index (χ2v) is 7.56. The zero-order valence-corrected chi connectivity index (χ0v) is 17.1. The van der Waals surface area contributed by atoms with Gasteiger partial charge in [-0.25, -0.2) is 9.18 Å². The molecule has 1 aliphatic carbocycles. The molecule has 1 aromatic heterocycles. The molecule has 1 N–H and O–H groups in total. The standard InChI is InChI=1S/C23H25FN2O4/c1-16-9-11-23(12-10-16,22(28)29-2)26-21(27)8-6-17-5-7-20(19(24)14-17)30-18-4-3-13-25-15-18/h3-8,13-16H,9-12H2,1-2H3,(H,26,27)/b8-6+. The third-order valence-electron chi connectivity index (χ3n) is 5.31. The van der Waals surface area contributed by atoms with E-state index in [1.54, 1.807) is 24.4 Å². The van der Waals surface area contributed by atoms with Gasteiger partial charge < -0.3 is 14.8 Å². The van der Waals surface area contributed by atoms with E-state index in [9.17, 15) is 14.0 Å². The molecule has 1 heterocycles. The van der Waals surface area contributed by atoms with E-state index >= 15 is 0 Å². The molecule has 1 saturated carbocycles. The molecule has 3 rings (SSSR count). The predicted molar refractivity (Wildman–Crippen MR) is 110 cm³/mol. The Labute approximate surface area is 175 Å². The monoisotopic (exact) mass is 412 g/mol. The van der Waals surface area contributed by atoms with Crippen molar-refractivity contribution in [1.82, 2.24) is 10.3 Å². The Balaban J connectivity index is 1.66. The number of nitrogens with zero attached hydrogens (tertiary/aromatic N) is 1. The van der Waals surface area contributed by atoms with Crippen LogP contribution in [-0.4, -0.2) is 29.5 Å². The second kappa shape index (κ2) is 9.52. The number of ether oxygens (including phenoxy) is 2. The number of pyridine rings is 1. The Bertz CT molecular complexity index is 922. The van der Waals surface area contributed by atoms with Gasteiger partial charge in [0.25, 0.3) is 0 Å². The molecule has 1 aliphatic rings. The lowest BCUT2D eigenvalue weighted by atomic mass is 9.77. The lowest BCUT2D eigenvalue weighted by Crippen LogP contribution is -2.56. The number of aromatic nitrogens is 1. The fourth-order valence-electron chi connectivity index (χ4n) is 3.52. The van der Waals surface area contributed by atoms with Gasteiger partial charge in [0.15, 0.2) is 11.6 Å². The highest BCUT2D eigenvalue weighted by atomic mass is 19.1. The van der Waals surface area contributed by atoms with Gasteiger partial charge in [-0.05, 0) is 67.5 Å². The van der Waals surface area contributed by atoms with Gasteiger partial charge in [-0.3, -0.25) is 9.78 Å². The summed E-state index contributed by atoms with van der Waals surface area (Å²) in [6.45, 7) is 2.12. The molecule has 2 aromatic rings. The molecule has 30 heavy (non-hydrogen) atoms. The summed E-state index contributed by atoms with van der Waals surface area (Å²) in [5.74, 6) is -0.427. The van der Waals surface area contributed by atoms with Crippen LogP contribution in [0.25, 0.3) is 6.08 Å². The number of esters is 1. The van der Waals surface area contributed by atoms with Crippen LogP contribution in [0.3, 0.4) is 0 Å². The van der Waals surface area contributed by atoms with E-state index in [2.05, 4.69) is 17.2 Å². The molecular formula is C23H25FN2O4. The van der Waals surface area contributed by atoms with Gasteiger partial charge in [0, 0.05) is 12.3 Å². The van der Waals surface area contributed by atoms with Crippen molar-refractivity contribution in [2.45, 2.75) is 38.1 Å². The largest absolute Gasteiger partial charge is 0.467 e.